The Morgan fingerprint density at radius 1 is 1.18 bits per heavy atom. The molecule has 2 atom stereocenters. The van der Waals surface area contributed by atoms with Crippen LogP contribution in [0, 0.1) is 11.3 Å². The molecule has 33 heavy (non-hydrogen) atoms. The Hall–Kier alpha value is -2.99. The summed E-state index contributed by atoms with van der Waals surface area (Å²) in [5.41, 5.74) is 2.40. The predicted molar refractivity (Wildman–Crippen MR) is 131 cm³/mol. The first-order valence-corrected chi connectivity index (χ1v) is 11.7. The van der Waals surface area contributed by atoms with Gasteiger partial charge >= 0.3 is 0 Å². The Labute approximate surface area is 196 Å². The summed E-state index contributed by atoms with van der Waals surface area (Å²) in [5, 5.41) is 4.38. The van der Waals surface area contributed by atoms with Crippen molar-refractivity contribution in [2.75, 3.05) is 20.2 Å². The topological polar surface area (TPSA) is 67.3 Å². The van der Waals surface area contributed by atoms with Crippen LogP contribution in [0.15, 0.2) is 54.7 Å². The molecule has 4 rings (SSSR count). The first-order valence-electron chi connectivity index (χ1n) is 11.7. The van der Waals surface area contributed by atoms with Gasteiger partial charge in [-0.3, -0.25) is 14.7 Å². The minimum Gasteiger partial charge on any atom is -0.494 e. The number of para-hydroxylation sites is 1. The summed E-state index contributed by atoms with van der Waals surface area (Å²) in [6.45, 7) is 8.52. The number of hydrogen-bond donors (Lipinski definition) is 1. The van der Waals surface area contributed by atoms with Crippen LogP contribution in [0.3, 0.4) is 0 Å². The second kappa shape index (κ2) is 9.87. The number of carbonyl (C=O) groups is 1. The van der Waals surface area contributed by atoms with Crippen LogP contribution in [0.25, 0.3) is 10.9 Å². The maximum atomic E-state index is 12.9. The van der Waals surface area contributed by atoms with Gasteiger partial charge in [0.25, 0.3) is 0 Å². The van der Waals surface area contributed by atoms with Crippen LogP contribution in [0.5, 0.6) is 5.75 Å². The molecule has 1 fully saturated rings. The Morgan fingerprint density at radius 2 is 2.03 bits per heavy atom. The summed E-state index contributed by atoms with van der Waals surface area (Å²) >= 11 is 0. The van der Waals surface area contributed by atoms with E-state index in [1.165, 1.54) is 0 Å². The van der Waals surface area contributed by atoms with Crippen molar-refractivity contribution in [1.29, 1.82) is 0 Å². The number of amides is 1. The lowest BCUT2D eigenvalue weighted by Crippen LogP contribution is -2.45. The highest BCUT2D eigenvalue weighted by molar-refractivity contribution is 5.84. The van der Waals surface area contributed by atoms with Gasteiger partial charge in [-0.25, -0.2) is 4.98 Å². The third kappa shape index (κ3) is 5.50. The second-order valence-electron chi connectivity index (χ2n) is 9.93. The SMILES string of the molecule is COc1cccc2ccc(CN3CCC[C@@H]([C@H](NC(=O)C(C)(C)C)c4ccccn4)C3)nc12. The molecule has 6 heteroatoms. The summed E-state index contributed by atoms with van der Waals surface area (Å²) in [7, 11) is 1.68. The number of methoxy groups -OCH3 is 1. The Morgan fingerprint density at radius 3 is 2.76 bits per heavy atom. The van der Waals surface area contributed by atoms with Crippen LogP contribution >= 0.6 is 0 Å². The smallest absolute Gasteiger partial charge is 0.225 e. The van der Waals surface area contributed by atoms with Crippen molar-refractivity contribution in [3.63, 3.8) is 0 Å². The quantitative estimate of drug-likeness (QED) is 0.592. The zero-order valence-electron chi connectivity index (χ0n) is 20.0. The number of hydrogen-bond acceptors (Lipinski definition) is 5. The Kier molecular flexibility index (Phi) is 6.94. The van der Waals surface area contributed by atoms with Gasteiger partial charge in [0, 0.05) is 30.1 Å². The molecule has 174 valence electrons. The molecule has 1 aliphatic heterocycles. The number of nitrogens with zero attached hydrogens (tertiary/aromatic N) is 3. The third-order valence-corrected chi connectivity index (χ3v) is 6.33. The number of piperidine rings is 1. The van der Waals surface area contributed by atoms with Gasteiger partial charge in [-0.15, -0.1) is 0 Å². The van der Waals surface area contributed by atoms with Crippen molar-refractivity contribution in [1.82, 2.24) is 20.2 Å². The Bertz CT molecular complexity index is 1090. The van der Waals surface area contributed by atoms with Gasteiger partial charge in [-0.1, -0.05) is 45.0 Å². The maximum absolute atomic E-state index is 12.9. The Balaban J connectivity index is 1.53. The predicted octanol–water partition coefficient (Wildman–Crippen LogP) is 4.75. The van der Waals surface area contributed by atoms with E-state index in [0.29, 0.717) is 0 Å². The highest BCUT2D eigenvalue weighted by atomic mass is 16.5. The van der Waals surface area contributed by atoms with Gasteiger partial charge in [0.15, 0.2) is 0 Å². The highest BCUT2D eigenvalue weighted by Crippen LogP contribution is 2.31. The van der Waals surface area contributed by atoms with E-state index in [2.05, 4.69) is 33.4 Å². The van der Waals surface area contributed by atoms with E-state index < -0.39 is 5.41 Å². The van der Waals surface area contributed by atoms with Crippen LogP contribution in [0.4, 0.5) is 0 Å². The molecule has 1 amide bonds. The van der Waals surface area contributed by atoms with Gasteiger partial charge in [0.1, 0.15) is 11.3 Å². The molecule has 0 saturated carbocycles. The largest absolute Gasteiger partial charge is 0.494 e. The van der Waals surface area contributed by atoms with Gasteiger partial charge in [0.05, 0.1) is 24.5 Å². The molecule has 0 radical (unpaired) electrons. The average Bonchev–Trinajstić information content (AvgIpc) is 2.82. The molecular weight excluding hydrogens is 412 g/mol. The van der Waals surface area contributed by atoms with Crippen LogP contribution in [-0.2, 0) is 11.3 Å². The van der Waals surface area contributed by atoms with Crippen LogP contribution in [0.1, 0.15) is 51.0 Å². The van der Waals surface area contributed by atoms with Crippen molar-refractivity contribution >= 4 is 16.8 Å². The average molecular weight is 447 g/mol. The minimum atomic E-state index is -0.449. The van der Waals surface area contributed by atoms with E-state index in [4.69, 9.17) is 9.72 Å². The number of pyridine rings is 2. The molecule has 0 spiro atoms. The summed E-state index contributed by atoms with van der Waals surface area (Å²) in [6, 6.07) is 16.0. The minimum absolute atomic E-state index is 0.0542. The maximum Gasteiger partial charge on any atom is 0.225 e. The number of rotatable bonds is 6. The molecule has 0 unspecified atom stereocenters. The van der Waals surface area contributed by atoms with Gasteiger partial charge in [-0.2, -0.15) is 0 Å². The molecule has 2 aromatic heterocycles. The first kappa shape index (κ1) is 23.2. The van der Waals surface area contributed by atoms with Crippen LogP contribution < -0.4 is 10.1 Å². The van der Waals surface area contributed by atoms with Crippen molar-refractivity contribution < 1.29 is 9.53 Å². The van der Waals surface area contributed by atoms with Gasteiger partial charge in [-0.05, 0) is 49.6 Å². The normalized spacial score (nSPS) is 18.1. The molecule has 3 aromatic rings. The lowest BCUT2D eigenvalue weighted by atomic mass is 9.86. The van der Waals surface area contributed by atoms with E-state index in [1.54, 1.807) is 13.3 Å². The van der Waals surface area contributed by atoms with Crippen molar-refractivity contribution in [2.45, 2.75) is 46.2 Å². The fourth-order valence-electron chi connectivity index (χ4n) is 4.50. The third-order valence-electron chi connectivity index (χ3n) is 6.33. The van der Waals surface area contributed by atoms with Crippen LogP contribution in [-0.4, -0.2) is 41.0 Å². The van der Waals surface area contributed by atoms with E-state index in [-0.39, 0.29) is 17.9 Å². The second-order valence-corrected chi connectivity index (χ2v) is 9.93. The monoisotopic (exact) mass is 446 g/mol. The number of likely N-dealkylation sites (tertiary alicyclic amines) is 1. The van der Waals surface area contributed by atoms with E-state index in [0.717, 1.165) is 60.5 Å². The summed E-state index contributed by atoms with van der Waals surface area (Å²) in [4.78, 5) is 24.8. The lowest BCUT2D eigenvalue weighted by molar-refractivity contribution is -0.130. The molecule has 1 aliphatic rings. The van der Waals surface area contributed by atoms with Crippen molar-refractivity contribution in [3.8, 4) is 5.75 Å². The number of nitrogens with one attached hydrogen (secondary N) is 1. The summed E-state index contributed by atoms with van der Waals surface area (Å²) < 4.78 is 5.51. The molecule has 1 N–H and O–H groups in total. The van der Waals surface area contributed by atoms with E-state index >= 15 is 0 Å². The molecule has 1 aromatic carbocycles. The van der Waals surface area contributed by atoms with Crippen molar-refractivity contribution in [2.24, 2.45) is 11.3 Å². The highest BCUT2D eigenvalue weighted by Gasteiger charge is 2.33. The number of carbonyl (C=O) groups excluding carboxylic acids is 1. The molecule has 3 heterocycles. The zero-order chi connectivity index (χ0) is 23.4. The molecule has 0 bridgehead atoms. The van der Waals surface area contributed by atoms with Crippen LogP contribution in [0.2, 0.25) is 0 Å². The molecular formula is C27H34N4O2. The first-order chi connectivity index (χ1) is 15.8. The number of ether oxygens (including phenoxy) is 1. The number of fused-ring (bicyclic) bond motifs is 1. The standard InChI is InChI=1S/C27H34N4O2/c1-27(2,3)26(32)30-24(22-11-5-6-15-28-22)20-10-8-16-31(17-20)18-21-14-13-19-9-7-12-23(33-4)25(19)29-21/h5-7,9,11-15,20,24H,8,10,16-18H2,1-4H3,(H,30,32)/t20-,24+/m1/s1. The molecule has 6 nitrogen and oxygen atoms in total. The fraction of sp³-hybridized carbons (Fsp3) is 0.444. The lowest BCUT2D eigenvalue weighted by Gasteiger charge is -2.37. The van der Waals surface area contributed by atoms with Gasteiger partial charge < -0.3 is 10.1 Å². The number of benzene rings is 1. The van der Waals surface area contributed by atoms with Gasteiger partial charge in [0.2, 0.25) is 5.91 Å². The molecule has 1 saturated heterocycles. The molecule has 0 aliphatic carbocycles. The van der Waals surface area contributed by atoms with E-state index in [1.807, 2.05) is 51.1 Å². The summed E-state index contributed by atoms with van der Waals surface area (Å²) in [6.07, 6.45) is 3.94. The fourth-order valence-corrected chi connectivity index (χ4v) is 4.50. The zero-order valence-corrected chi connectivity index (χ0v) is 20.0. The summed E-state index contributed by atoms with van der Waals surface area (Å²) in [5.74, 6) is 1.14. The van der Waals surface area contributed by atoms with E-state index in [9.17, 15) is 4.79 Å². The number of aromatic nitrogens is 2. The van der Waals surface area contributed by atoms with Crippen molar-refractivity contribution in [3.05, 3.63) is 66.1 Å².